The van der Waals surface area contributed by atoms with Crippen LogP contribution in [-0.4, -0.2) is 74.7 Å². The summed E-state index contributed by atoms with van der Waals surface area (Å²) in [4.78, 5) is 3.07. The molecule has 0 aromatic carbocycles. The van der Waals surface area contributed by atoms with Crippen LogP contribution in [-0.2, 0) is 0 Å². The topological polar surface area (TPSA) is 40.0 Å². The molecular formula is C13H29N4+3. The molecule has 3 fully saturated rings. The molecule has 0 atom stereocenters. The minimum absolute atomic E-state index is 1.03. The zero-order chi connectivity index (χ0) is 12.2. The first-order valence-corrected chi connectivity index (χ1v) is 7.14. The summed E-state index contributed by atoms with van der Waals surface area (Å²) in [5, 5.41) is 0. The van der Waals surface area contributed by atoms with Crippen LogP contribution in [0.25, 0.3) is 0 Å². The van der Waals surface area contributed by atoms with Crippen molar-refractivity contribution in [3.63, 3.8) is 0 Å². The van der Waals surface area contributed by atoms with Gasteiger partial charge in [0, 0.05) is 0 Å². The summed E-state index contributed by atoms with van der Waals surface area (Å²) in [5.41, 5.74) is 5.28. The maximum atomic E-state index is 5.28. The number of nitrogens with two attached hydrogens (primary N) is 1. The fraction of sp³-hybridized carbons (Fsp3) is 0.923. The first-order valence-electron chi connectivity index (χ1n) is 7.14. The Bertz CT molecular complexity index is 250. The maximum absolute atomic E-state index is 5.28. The van der Waals surface area contributed by atoms with Crippen LogP contribution in [0.15, 0.2) is 0 Å². The average Bonchev–Trinajstić information content (AvgIpc) is 2.36. The summed E-state index contributed by atoms with van der Waals surface area (Å²) in [6, 6.07) is 0. The van der Waals surface area contributed by atoms with Crippen LogP contribution in [0, 0.1) is 0 Å². The lowest BCUT2D eigenvalue weighted by Crippen LogP contribution is -2.73. The molecule has 0 amide bonds. The van der Waals surface area contributed by atoms with Crippen molar-refractivity contribution in [2.24, 2.45) is 5.73 Å². The Morgan fingerprint density at radius 1 is 1.00 bits per heavy atom. The molecule has 0 spiro atoms. The largest absolute Gasteiger partial charge is 0.312 e. The fourth-order valence-electron chi connectivity index (χ4n) is 3.30. The van der Waals surface area contributed by atoms with Gasteiger partial charge in [0.1, 0.15) is 39.3 Å². The summed E-state index contributed by atoms with van der Waals surface area (Å²) in [6.07, 6.45) is 5.53. The fourth-order valence-corrected chi connectivity index (χ4v) is 3.30. The number of piperazine rings is 3. The summed E-state index contributed by atoms with van der Waals surface area (Å²) in [7, 11) is 2.43. The Kier molecular flexibility index (Phi) is 4.05. The van der Waals surface area contributed by atoms with E-state index in [0.717, 1.165) is 6.54 Å². The molecule has 4 nitrogen and oxygen atoms in total. The average molecular weight is 241 g/mol. The second-order valence-electron chi connectivity index (χ2n) is 6.21. The minimum atomic E-state index is 1.03. The van der Waals surface area contributed by atoms with Gasteiger partial charge < -0.3 is 8.97 Å². The van der Waals surface area contributed by atoms with E-state index < -0.39 is 0 Å². The Hall–Kier alpha value is -0.610. The molecule has 0 aromatic rings. The summed E-state index contributed by atoms with van der Waals surface area (Å²) < 4.78 is 2.76. The molecule has 98 valence electrons. The monoisotopic (exact) mass is 241 g/mol. The molecule has 0 unspecified atom stereocenters. The highest BCUT2D eigenvalue weighted by Gasteiger charge is 2.45. The highest BCUT2D eigenvalue weighted by molar-refractivity contribution is 5.42. The van der Waals surface area contributed by atoms with Gasteiger partial charge in [0.25, 0.3) is 0 Å². The van der Waals surface area contributed by atoms with E-state index in [-0.39, 0.29) is 0 Å². The summed E-state index contributed by atoms with van der Waals surface area (Å²) >= 11 is 0. The lowest BCUT2D eigenvalue weighted by Gasteiger charge is -2.54. The molecule has 3 saturated heterocycles. The number of hydrogen-bond donors (Lipinski definition) is 2. The van der Waals surface area contributed by atoms with E-state index in [2.05, 4.69) is 12.0 Å². The molecule has 2 bridgehead atoms. The molecule has 0 aliphatic carbocycles. The number of likely N-dealkylation sites (N-methyl/N-ethyl adjacent to an activating group) is 1. The van der Waals surface area contributed by atoms with Crippen LogP contribution < -0.4 is 10.7 Å². The van der Waals surface area contributed by atoms with Crippen LogP contribution in [0.4, 0.5) is 0 Å². The molecule has 0 aromatic heterocycles. The van der Waals surface area contributed by atoms with Gasteiger partial charge in [0.15, 0.2) is 0 Å². The van der Waals surface area contributed by atoms with Gasteiger partial charge in [0.2, 0.25) is 6.34 Å². The highest BCUT2D eigenvalue weighted by atomic mass is 15.5. The lowest BCUT2D eigenvalue weighted by atomic mass is 10.1. The SMILES string of the molecule is C[N+]12CC[N+](CCCCC[NH+]=CN)(CC1)CC2. The van der Waals surface area contributed by atoms with Gasteiger partial charge in [-0.1, -0.05) is 0 Å². The predicted molar refractivity (Wildman–Crippen MR) is 70.4 cm³/mol. The van der Waals surface area contributed by atoms with E-state index in [1.54, 1.807) is 6.34 Å². The molecule has 3 aliphatic heterocycles. The van der Waals surface area contributed by atoms with Crippen molar-refractivity contribution < 1.29 is 14.0 Å². The van der Waals surface area contributed by atoms with E-state index in [0.29, 0.717) is 0 Å². The molecule has 3 N–H and O–H groups in total. The Balaban J connectivity index is 1.66. The van der Waals surface area contributed by atoms with Gasteiger partial charge in [0.05, 0.1) is 20.1 Å². The van der Waals surface area contributed by atoms with Crippen molar-refractivity contribution in [2.45, 2.75) is 19.3 Å². The van der Waals surface area contributed by atoms with Crippen LogP contribution in [0.1, 0.15) is 19.3 Å². The Morgan fingerprint density at radius 2 is 1.65 bits per heavy atom. The molecule has 0 radical (unpaired) electrons. The van der Waals surface area contributed by atoms with E-state index in [9.17, 15) is 0 Å². The van der Waals surface area contributed by atoms with Crippen molar-refractivity contribution in [1.82, 2.24) is 0 Å². The molecule has 3 heterocycles. The zero-order valence-corrected chi connectivity index (χ0v) is 11.3. The molecular weight excluding hydrogens is 212 g/mol. The van der Waals surface area contributed by atoms with Gasteiger partial charge in [-0.2, -0.15) is 0 Å². The number of unbranched alkanes of at least 4 members (excludes halogenated alkanes) is 2. The van der Waals surface area contributed by atoms with E-state index in [1.165, 1.54) is 74.0 Å². The number of fused-ring (bicyclic) bond motifs is 3. The van der Waals surface area contributed by atoms with Crippen molar-refractivity contribution in [3.05, 3.63) is 0 Å². The van der Waals surface area contributed by atoms with Crippen molar-refractivity contribution in [1.29, 1.82) is 0 Å². The number of hydrogen-bond acceptors (Lipinski definition) is 0. The lowest BCUT2D eigenvalue weighted by molar-refractivity contribution is -1.07. The Labute approximate surface area is 105 Å². The van der Waals surface area contributed by atoms with Crippen molar-refractivity contribution in [3.8, 4) is 0 Å². The van der Waals surface area contributed by atoms with E-state index in [4.69, 9.17) is 5.73 Å². The summed E-state index contributed by atoms with van der Waals surface area (Å²) in [6.45, 7) is 10.9. The first-order chi connectivity index (χ1) is 8.18. The smallest absolute Gasteiger partial charge is 0.227 e. The third-order valence-electron chi connectivity index (χ3n) is 4.91. The van der Waals surface area contributed by atoms with Gasteiger partial charge in [-0.05, 0) is 19.3 Å². The first kappa shape index (κ1) is 12.8. The highest BCUT2D eigenvalue weighted by Crippen LogP contribution is 2.25. The van der Waals surface area contributed by atoms with Gasteiger partial charge in [-0.25, -0.2) is 0 Å². The minimum Gasteiger partial charge on any atom is -0.312 e. The van der Waals surface area contributed by atoms with E-state index in [1.807, 2.05) is 0 Å². The molecule has 4 heteroatoms. The van der Waals surface area contributed by atoms with Crippen molar-refractivity contribution in [2.75, 3.05) is 59.4 Å². The van der Waals surface area contributed by atoms with Crippen LogP contribution in [0.2, 0.25) is 0 Å². The number of nitrogens with one attached hydrogen (secondary N) is 1. The third-order valence-corrected chi connectivity index (χ3v) is 4.91. The molecule has 3 rings (SSSR count). The maximum Gasteiger partial charge on any atom is 0.227 e. The summed E-state index contributed by atoms with van der Waals surface area (Å²) in [5.74, 6) is 0. The Morgan fingerprint density at radius 3 is 2.24 bits per heavy atom. The van der Waals surface area contributed by atoms with Crippen molar-refractivity contribution >= 4 is 6.34 Å². The number of nitrogens with zero attached hydrogens (tertiary/aromatic N) is 2. The van der Waals surface area contributed by atoms with Gasteiger partial charge >= 0.3 is 0 Å². The standard InChI is InChI=1S/C13H28N4/c1-16-7-10-17(11-8-16,12-9-16)6-4-2-3-5-15-13-14/h13H,2-12H2,1H3,(H2,14,15)/q+2/p+1. The number of quaternary nitrogens is 2. The van der Waals surface area contributed by atoms with Crippen LogP contribution in [0.5, 0.6) is 0 Å². The normalized spacial score (nSPS) is 36.8. The van der Waals surface area contributed by atoms with Crippen LogP contribution in [0.3, 0.4) is 0 Å². The number of rotatable bonds is 6. The zero-order valence-electron chi connectivity index (χ0n) is 11.3. The second kappa shape index (κ2) is 5.36. The molecule has 3 aliphatic rings. The van der Waals surface area contributed by atoms with E-state index >= 15 is 0 Å². The molecule has 0 saturated carbocycles. The van der Waals surface area contributed by atoms with Gasteiger partial charge in [-0.15, -0.1) is 0 Å². The second-order valence-corrected chi connectivity index (χ2v) is 6.21. The van der Waals surface area contributed by atoms with Crippen LogP contribution >= 0.6 is 0 Å². The predicted octanol–water partition coefficient (Wildman–Crippen LogP) is -1.49. The molecule has 17 heavy (non-hydrogen) atoms. The third kappa shape index (κ3) is 3.19. The van der Waals surface area contributed by atoms with Gasteiger partial charge in [-0.3, -0.25) is 10.7 Å². The quantitative estimate of drug-likeness (QED) is 0.253.